The topological polar surface area (TPSA) is 23.5 Å². The Balaban J connectivity index is 1.61. The lowest BCUT2D eigenvalue weighted by molar-refractivity contribution is 0.282. The number of aliphatic hydroxyl groups is 1. The summed E-state index contributed by atoms with van der Waals surface area (Å²) in [6, 6.07) is 45.5. The van der Waals surface area contributed by atoms with E-state index in [2.05, 4.69) is 127 Å². The maximum atomic E-state index is 9.44. The first-order valence-electron chi connectivity index (χ1n) is 12.0. The van der Waals surface area contributed by atoms with Crippen molar-refractivity contribution in [3.05, 3.63) is 155 Å². The van der Waals surface area contributed by atoms with Crippen molar-refractivity contribution in [2.24, 2.45) is 0 Å². The van der Waals surface area contributed by atoms with Crippen molar-refractivity contribution in [3.8, 4) is 11.1 Å². The lowest BCUT2D eigenvalue weighted by atomic mass is 9.67. The summed E-state index contributed by atoms with van der Waals surface area (Å²) in [5.74, 6) is 0. The van der Waals surface area contributed by atoms with E-state index in [0.29, 0.717) is 0 Å². The van der Waals surface area contributed by atoms with Gasteiger partial charge in [-0.05, 0) is 63.2 Å². The molecule has 0 aliphatic heterocycles. The van der Waals surface area contributed by atoms with Crippen molar-refractivity contribution >= 4 is 11.4 Å². The monoisotopic (exact) mass is 453 g/mol. The first-order chi connectivity index (χ1) is 17.2. The molecule has 0 amide bonds. The van der Waals surface area contributed by atoms with E-state index in [1.165, 1.54) is 33.4 Å². The third-order valence-corrected chi connectivity index (χ3v) is 7.34. The summed E-state index contributed by atoms with van der Waals surface area (Å²) in [7, 11) is 2.10. The largest absolute Gasteiger partial charge is 0.392 e. The number of fused-ring (bicyclic) bond motifs is 3. The van der Waals surface area contributed by atoms with Gasteiger partial charge in [-0.15, -0.1) is 0 Å². The van der Waals surface area contributed by atoms with Crippen LogP contribution >= 0.6 is 0 Å². The van der Waals surface area contributed by atoms with Gasteiger partial charge in [0.1, 0.15) is 0 Å². The van der Waals surface area contributed by atoms with Crippen LogP contribution in [0.4, 0.5) is 11.4 Å². The Morgan fingerprint density at radius 1 is 0.571 bits per heavy atom. The van der Waals surface area contributed by atoms with E-state index in [9.17, 15) is 5.11 Å². The number of hydrogen-bond acceptors (Lipinski definition) is 2. The highest BCUT2D eigenvalue weighted by Gasteiger charge is 2.46. The second-order valence-corrected chi connectivity index (χ2v) is 9.14. The van der Waals surface area contributed by atoms with Crippen LogP contribution in [0.1, 0.15) is 27.8 Å². The number of rotatable bonds is 5. The minimum absolute atomic E-state index is 0.0533. The van der Waals surface area contributed by atoms with Crippen molar-refractivity contribution in [2.45, 2.75) is 12.0 Å². The van der Waals surface area contributed by atoms with E-state index >= 15 is 0 Å². The molecule has 2 nitrogen and oxygen atoms in total. The van der Waals surface area contributed by atoms with Gasteiger partial charge in [0.2, 0.25) is 0 Å². The molecule has 0 aromatic heterocycles. The Labute approximate surface area is 206 Å². The van der Waals surface area contributed by atoms with Crippen molar-refractivity contribution < 1.29 is 5.11 Å². The molecule has 0 unspecified atom stereocenters. The summed E-state index contributed by atoms with van der Waals surface area (Å²) in [5, 5.41) is 9.44. The molecular weight excluding hydrogens is 426 g/mol. The van der Waals surface area contributed by atoms with Gasteiger partial charge in [0.05, 0.1) is 12.0 Å². The molecule has 2 heteroatoms. The SMILES string of the molecule is CN(c1ccc(CO)cc1)c1ccc2c(c1)C(c1ccccc1)(c1ccccc1)c1ccccc1-2. The molecule has 0 radical (unpaired) electrons. The Morgan fingerprint density at radius 2 is 1.11 bits per heavy atom. The number of aliphatic hydroxyl groups excluding tert-OH is 1. The lowest BCUT2D eigenvalue weighted by Gasteiger charge is -2.34. The van der Waals surface area contributed by atoms with Crippen LogP contribution in [0.15, 0.2) is 127 Å². The fourth-order valence-corrected chi connectivity index (χ4v) is 5.62. The van der Waals surface area contributed by atoms with Crippen LogP contribution in [0.25, 0.3) is 11.1 Å². The van der Waals surface area contributed by atoms with Crippen LogP contribution in [-0.4, -0.2) is 12.2 Å². The first kappa shape index (κ1) is 21.4. The predicted octanol–water partition coefficient (Wildman–Crippen LogP) is 7.31. The summed E-state index contributed by atoms with van der Waals surface area (Å²) in [4.78, 5) is 2.21. The first-order valence-corrected chi connectivity index (χ1v) is 12.0. The van der Waals surface area contributed by atoms with Crippen LogP contribution in [0.5, 0.6) is 0 Å². The number of nitrogens with zero attached hydrogens (tertiary/aromatic N) is 1. The van der Waals surface area contributed by atoms with Gasteiger partial charge in [-0.1, -0.05) is 103 Å². The molecule has 170 valence electrons. The van der Waals surface area contributed by atoms with Gasteiger partial charge in [-0.25, -0.2) is 0 Å². The van der Waals surface area contributed by atoms with Gasteiger partial charge in [-0.2, -0.15) is 0 Å². The van der Waals surface area contributed by atoms with Crippen LogP contribution in [-0.2, 0) is 12.0 Å². The highest BCUT2D eigenvalue weighted by molar-refractivity contribution is 5.88. The standard InChI is InChI=1S/C33H27NO/c1-34(27-18-16-24(23-35)17-19-27)28-20-21-30-29-14-8-9-15-31(29)33(32(30)22-28,25-10-4-2-5-11-25)26-12-6-3-7-13-26/h2-22,35H,23H2,1H3. The molecule has 0 saturated heterocycles. The van der Waals surface area contributed by atoms with Crippen molar-refractivity contribution in [1.82, 2.24) is 0 Å². The molecule has 0 saturated carbocycles. The predicted molar refractivity (Wildman–Crippen MR) is 144 cm³/mol. The van der Waals surface area contributed by atoms with Gasteiger partial charge in [0.25, 0.3) is 0 Å². The van der Waals surface area contributed by atoms with Crippen molar-refractivity contribution in [2.75, 3.05) is 11.9 Å². The number of benzene rings is 5. The van der Waals surface area contributed by atoms with Crippen molar-refractivity contribution in [1.29, 1.82) is 0 Å². The Kier molecular flexibility index (Phi) is 5.24. The molecule has 1 N–H and O–H groups in total. The fraction of sp³-hybridized carbons (Fsp3) is 0.0909. The second kappa shape index (κ2) is 8.57. The minimum Gasteiger partial charge on any atom is -0.392 e. The van der Waals surface area contributed by atoms with Crippen LogP contribution in [0.2, 0.25) is 0 Å². The molecule has 0 spiro atoms. The zero-order chi connectivity index (χ0) is 23.8. The summed E-state index contributed by atoms with van der Waals surface area (Å²) >= 11 is 0. The van der Waals surface area contributed by atoms with Gasteiger partial charge >= 0.3 is 0 Å². The number of hydrogen-bond donors (Lipinski definition) is 1. The third-order valence-electron chi connectivity index (χ3n) is 7.34. The molecule has 1 aliphatic carbocycles. The maximum absolute atomic E-state index is 9.44. The summed E-state index contributed by atoms with van der Waals surface area (Å²) < 4.78 is 0. The van der Waals surface area contributed by atoms with Gasteiger partial charge < -0.3 is 10.0 Å². The number of anilines is 2. The Bertz CT molecular complexity index is 1430. The van der Waals surface area contributed by atoms with Gasteiger partial charge in [0, 0.05) is 18.4 Å². The normalized spacial score (nSPS) is 13.2. The second-order valence-electron chi connectivity index (χ2n) is 9.14. The molecule has 0 atom stereocenters. The highest BCUT2D eigenvalue weighted by Crippen LogP contribution is 2.56. The molecule has 35 heavy (non-hydrogen) atoms. The molecule has 0 heterocycles. The van der Waals surface area contributed by atoms with Crippen molar-refractivity contribution in [3.63, 3.8) is 0 Å². The smallest absolute Gasteiger partial charge is 0.0714 e. The van der Waals surface area contributed by atoms with Crippen LogP contribution in [0, 0.1) is 0 Å². The molecule has 0 fully saturated rings. The van der Waals surface area contributed by atoms with E-state index in [1.54, 1.807) is 0 Å². The molecule has 6 rings (SSSR count). The summed E-state index contributed by atoms with van der Waals surface area (Å²) in [6.45, 7) is 0.0533. The van der Waals surface area contributed by atoms with E-state index in [4.69, 9.17) is 0 Å². The maximum Gasteiger partial charge on any atom is 0.0714 e. The fourth-order valence-electron chi connectivity index (χ4n) is 5.62. The Morgan fingerprint density at radius 3 is 1.74 bits per heavy atom. The van der Waals surface area contributed by atoms with Gasteiger partial charge in [-0.3, -0.25) is 0 Å². The summed E-state index contributed by atoms with van der Waals surface area (Å²) in [6.07, 6.45) is 0. The minimum atomic E-state index is -0.397. The third kappa shape index (κ3) is 3.30. The van der Waals surface area contributed by atoms with E-state index in [1.807, 2.05) is 12.1 Å². The van der Waals surface area contributed by atoms with E-state index in [0.717, 1.165) is 16.9 Å². The summed E-state index contributed by atoms with van der Waals surface area (Å²) in [5.41, 5.74) is 10.5. The molecular formula is C33H27NO. The highest BCUT2D eigenvalue weighted by atomic mass is 16.3. The van der Waals surface area contributed by atoms with E-state index < -0.39 is 5.41 Å². The van der Waals surface area contributed by atoms with Crippen LogP contribution in [0.3, 0.4) is 0 Å². The quantitative estimate of drug-likeness (QED) is 0.296. The lowest BCUT2D eigenvalue weighted by Crippen LogP contribution is -2.28. The molecule has 5 aromatic carbocycles. The molecule has 1 aliphatic rings. The zero-order valence-corrected chi connectivity index (χ0v) is 19.7. The Hall–Kier alpha value is -4.14. The zero-order valence-electron chi connectivity index (χ0n) is 19.7. The van der Waals surface area contributed by atoms with Crippen LogP contribution < -0.4 is 4.90 Å². The van der Waals surface area contributed by atoms with Gasteiger partial charge in [0.15, 0.2) is 0 Å². The average Bonchev–Trinajstić information content (AvgIpc) is 3.24. The molecule has 5 aromatic rings. The van der Waals surface area contributed by atoms with E-state index in [-0.39, 0.29) is 6.61 Å². The average molecular weight is 454 g/mol. The molecule has 0 bridgehead atoms.